The lowest BCUT2D eigenvalue weighted by Gasteiger charge is -2.29. The summed E-state index contributed by atoms with van der Waals surface area (Å²) < 4.78 is 34.1. The highest BCUT2D eigenvalue weighted by Gasteiger charge is 2.27. The molecule has 1 aromatic carbocycles. The van der Waals surface area contributed by atoms with Crippen molar-refractivity contribution in [2.45, 2.75) is 82.6 Å². The van der Waals surface area contributed by atoms with Crippen LogP contribution in [-0.4, -0.2) is 21.1 Å². The molecular formula is C20H32ClNO3S. The number of hydrogen-bond acceptors (Lipinski definition) is 3. The summed E-state index contributed by atoms with van der Waals surface area (Å²) in [6.07, 6.45) is 9.93. The Morgan fingerprint density at radius 1 is 1.15 bits per heavy atom. The second-order valence-corrected chi connectivity index (χ2v) is 9.47. The monoisotopic (exact) mass is 401 g/mol. The number of halogens is 1. The molecule has 1 saturated carbocycles. The molecule has 6 heteroatoms. The van der Waals surface area contributed by atoms with E-state index in [2.05, 4.69) is 18.6 Å². The van der Waals surface area contributed by atoms with Crippen LogP contribution in [0.2, 0.25) is 5.02 Å². The van der Waals surface area contributed by atoms with Gasteiger partial charge >= 0.3 is 0 Å². The van der Waals surface area contributed by atoms with E-state index in [-0.39, 0.29) is 10.9 Å². The average molecular weight is 402 g/mol. The number of ether oxygens (including phenoxy) is 1. The van der Waals surface area contributed by atoms with Gasteiger partial charge in [-0.15, -0.1) is 0 Å². The molecule has 0 heterocycles. The number of rotatable bonds is 10. The van der Waals surface area contributed by atoms with Crippen molar-refractivity contribution in [2.24, 2.45) is 5.92 Å². The SMILES string of the molecule is CCCCCCCOc1cc(S(=O)(=O)N[C@@H]2CCCC[C@@H]2C)ccc1Cl. The van der Waals surface area contributed by atoms with Crippen molar-refractivity contribution in [1.29, 1.82) is 0 Å². The van der Waals surface area contributed by atoms with Gasteiger partial charge in [0.2, 0.25) is 10.0 Å². The van der Waals surface area contributed by atoms with E-state index >= 15 is 0 Å². The van der Waals surface area contributed by atoms with Crippen molar-refractivity contribution in [3.05, 3.63) is 23.2 Å². The summed E-state index contributed by atoms with van der Waals surface area (Å²) in [6, 6.07) is 4.70. The lowest BCUT2D eigenvalue weighted by Crippen LogP contribution is -2.40. The first-order valence-corrected chi connectivity index (χ1v) is 11.7. The number of sulfonamides is 1. The highest BCUT2D eigenvalue weighted by molar-refractivity contribution is 7.89. The van der Waals surface area contributed by atoms with Crippen LogP contribution in [0.4, 0.5) is 0 Å². The van der Waals surface area contributed by atoms with Crippen LogP contribution in [0.5, 0.6) is 5.75 Å². The fourth-order valence-electron chi connectivity index (χ4n) is 3.41. The Morgan fingerprint density at radius 2 is 1.88 bits per heavy atom. The number of unbranched alkanes of at least 4 members (excludes halogenated alkanes) is 4. The molecule has 26 heavy (non-hydrogen) atoms. The molecule has 1 aromatic rings. The van der Waals surface area contributed by atoms with Gasteiger partial charge in [0.1, 0.15) is 5.75 Å². The van der Waals surface area contributed by atoms with E-state index in [1.54, 1.807) is 18.2 Å². The van der Waals surface area contributed by atoms with Crippen molar-refractivity contribution in [1.82, 2.24) is 4.72 Å². The van der Waals surface area contributed by atoms with E-state index in [9.17, 15) is 8.42 Å². The molecular weight excluding hydrogens is 370 g/mol. The highest BCUT2D eigenvalue weighted by Crippen LogP contribution is 2.29. The van der Waals surface area contributed by atoms with Gasteiger partial charge in [0.25, 0.3) is 0 Å². The summed E-state index contributed by atoms with van der Waals surface area (Å²) in [7, 11) is -3.56. The Morgan fingerprint density at radius 3 is 2.62 bits per heavy atom. The summed E-state index contributed by atoms with van der Waals surface area (Å²) in [5.74, 6) is 0.811. The third kappa shape index (κ3) is 6.43. The molecule has 4 nitrogen and oxygen atoms in total. The van der Waals surface area contributed by atoms with Crippen molar-refractivity contribution < 1.29 is 13.2 Å². The Labute approximate surface area is 163 Å². The zero-order valence-electron chi connectivity index (χ0n) is 16.0. The first-order valence-electron chi connectivity index (χ1n) is 9.88. The first-order chi connectivity index (χ1) is 12.4. The fourth-order valence-corrected chi connectivity index (χ4v) is 4.97. The third-order valence-corrected chi connectivity index (χ3v) is 6.94. The normalized spacial score (nSPS) is 20.9. The van der Waals surface area contributed by atoms with Gasteiger partial charge in [0.15, 0.2) is 0 Å². The lowest BCUT2D eigenvalue weighted by atomic mass is 9.87. The van der Waals surface area contributed by atoms with Crippen LogP contribution in [0, 0.1) is 5.92 Å². The molecule has 0 unspecified atom stereocenters. The summed E-state index contributed by atoms with van der Waals surface area (Å²) in [4.78, 5) is 0.223. The van der Waals surface area contributed by atoms with E-state index in [4.69, 9.17) is 16.3 Å². The van der Waals surface area contributed by atoms with Crippen molar-refractivity contribution >= 4 is 21.6 Å². The molecule has 2 rings (SSSR count). The van der Waals surface area contributed by atoms with Gasteiger partial charge in [-0.05, 0) is 37.3 Å². The molecule has 1 N–H and O–H groups in total. The minimum absolute atomic E-state index is 0.00682. The van der Waals surface area contributed by atoms with Gasteiger partial charge in [-0.1, -0.05) is 64.0 Å². The maximum absolute atomic E-state index is 12.7. The van der Waals surface area contributed by atoms with E-state index < -0.39 is 10.0 Å². The highest BCUT2D eigenvalue weighted by atomic mass is 35.5. The van der Waals surface area contributed by atoms with Gasteiger partial charge in [-0.3, -0.25) is 0 Å². The quantitative estimate of drug-likeness (QED) is 0.523. The van der Waals surface area contributed by atoms with Crippen molar-refractivity contribution in [3.63, 3.8) is 0 Å². The molecule has 2 atom stereocenters. The van der Waals surface area contributed by atoms with E-state index in [0.29, 0.717) is 23.3 Å². The molecule has 0 amide bonds. The van der Waals surface area contributed by atoms with Crippen molar-refractivity contribution in [3.8, 4) is 5.75 Å². The summed E-state index contributed by atoms with van der Waals surface area (Å²) in [6.45, 7) is 4.85. The van der Waals surface area contributed by atoms with Crippen LogP contribution >= 0.6 is 11.6 Å². The molecule has 1 aliphatic carbocycles. The predicted octanol–water partition coefficient (Wildman–Crippen LogP) is 5.55. The molecule has 0 radical (unpaired) electrons. The molecule has 1 fully saturated rings. The van der Waals surface area contributed by atoms with Gasteiger partial charge in [-0.25, -0.2) is 13.1 Å². The zero-order valence-corrected chi connectivity index (χ0v) is 17.5. The lowest BCUT2D eigenvalue weighted by molar-refractivity contribution is 0.303. The van der Waals surface area contributed by atoms with Crippen LogP contribution in [-0.2, 0) is 10.0 Å². The van der Waals surface area contributed by atoms with Gasteiger partial charge in [0.05, 0.1) is 16.5 Å². The molecule has 0 bridgehead atoms. The maximum Gasteiger partial charge on any atom is 0.240 e. The molecule has 0 spiro atoms. The van der Waals surface area contributed by atoms with Crippen LogP contribution < -0.4 is 9.46 Å². The van der Waals surface area contributed by atoms with Crippen LogP contribution in [0.1, 0.15) is 71.6 Å². The topological polar surface area (TPSA) is 55.4 Å². The van der Waals surface area contributed by atoms with Gasteiger partial charge < -0.3 is 4.74 Å². The number of nitrogens with one attached hydrogen (secondary N) is 1. The first kappa shape index (κ1) is 21.5. The summed E-state index contributed by atoms with van der Waals surface area (Å²) in [5, 5.41) is 0.448. The summed E-state index contributed by atoms with van der Waals surface area (Å²) >= 11 is 6.18. The van der Waals surface area contributed by atoms with E-state index in [1.807, 2.05) is 0 Å². The van der Waals surface area contributed by atoms with E-state index in [1.165, 1.54) is 25.7 Å². The van der Waals surface area contributed by atoms with Crippen LogP contribution in [0.25, 0.3) is 0 Å². The molecule has 0 aliphatic heterocycles. The predicted molar refractivity (Wildman–Crippen MR) is 107 cm³/mol. The standard InChI is InChI=1S/C20H32ClNO3S/c1-3-4-5-6-9-14-25-20-15-17(12-13-18(20)21)26(23,24)22-19-11-8-7-10-16(19)2/h12-13,15-16,19,22H,3-11,14H2,1-2H3/t16-,19+/m0/s1. The second kappa shape index (κ2) is 10.5. The van der Waals surface area contributed by atoms with Crippen LogP contribution in [0.3, 0.4) is 0 Å². The molecule has 148 valence electrons. The fraction of sp³-hybridized carbons (Fsp3) is 0.700. The maximum atomic E-state index is 12.7. The van der Waals surface area contributed by atoms with Crippen LogP contribution in [0.15, 0.2) is 23.1 Å². The molecule has 0 saturated heterocycles. The third-order valence-electron chi connectivity index (χ3n) is 5.14. The average Bonchev–Trinajstić information content (AvgIpc) is 2.61. The minimum atomic E-state index is -3.56. The second-order valence-electron chi connectivity index (χ2n) is 7.34. The van der Waals surface area contributed by atoms with E-state index in [0.717, 1.165) is 32.1 Å². The molecule has 1 aliphatic rings. The molecule has 0 aromatic heterocycles. The Bertz CT molecular complexity index is 663. The minimum Gasteiger partial charge on any atom is -0.492 e. The van der Waals surface area contributed by atoms with Crippen molar-refractivity contribution in [2.75, 3.05) is 6.61 Å². The summed E-state index contributed by atoms with van der Waals surface area (Å²) in [5.41, 5.74) is 0. The van der Waals surface area contributed by atoms with Gasteiger partial charge in [0, 0.05) is 12.1 Å². The number of hydrogen-bond donors (Lipinski definition) is 1. The Balaban J connectivity index is 1.98. The number of benzene rings is 1. The Hall–Kier alpha value is -0.780. The Kier molecular flexibility index (Phi) is 8.71. The van der Waals surface area contributed by atoms with Gasteiger partial charge in [-0.2, -0.15) is 0 Å². The zero-order chi connectivity index (χ0) is 19.0. The largest absolute Gasteiger partial charge is 0.492 e. The smallest absolute Gasteiger partial charge is 0.240 e.